The van der Waals surface area contributed by atoms with Crippen molar-refractivity contribution >= 4 is 51.0 Å². The SMILES string of the molecule is NC(=O)Oc1ccc2nc(Sc3ccc(Cl)cc3)sc2c1. The van der Waals surface area contributed by atoms with Gasteiger partial charge in [0, 0.05) is 16.0 Å². The fraction of sp³-hybridized carbons (Fsp3) is 0. The van der Waals surface area contributed by atoms with Crippen LogP contribution in [-0.4, -0.2) is 11.1 Å². The standard InChI is InChI=1S/C14H9ClN2O2S2/c15-8-1-4-10(5-2-8)20-14-17-11-6-3-9(19-13(16)18)7-12(11)21-14/h1-7H,(H2,16,18). The number of thiazole rings is 1. The van der Waals surface area contributed by atoms with Gasteiger partial charge in [-0.25, -0.2) is 9.78 Å². The van der Waals surface area contributed by atoms with Crippen LogP contribution in [0.4, 0.5) is 4.79 Å². The van der Waals surface area contributed by atoms with Gasteiger partial charge in [0.15, 0.2) is 4.34 Å². The van der Waals surface area contributed by atoms with Crippen molar-refractivity contribution in [1.29, 1.82) is 0 Å². The molecule has 2 aromatic carbocycles. The first-order valence-electron chi connectivity index (χ1n) is 5.91. The van der Waals surface area contributed by atoms with Crippen LogP contribution in [0.1, 0.15) is 0 Å². The molecule has 0 unspecified atom stereocenters. The Hall–Kier alpha value is -1.76. The van der Waals surface area contributed by atoms with Gasteiger partial charge in [-0.3, -0.25) is 0 Å². The van der Waals surface area contributed by atoms with Gasteiger partial charge >= 0.3 is 6.09 Å². The quantitative estimate of drug-likeness (QED) is 0.761. The van der Waals surface area contributed by atoms with Crippen LogP contribution in [0.15, 0.2) is 51.7 Å². The summed E-state index contributed by atoms with van der Waals surface area (Å²) in [6, 6.07) is 12.8. The van der Waals surface area contributed by atoms with E-state index in [9.17, 15) is 4.79 Å². The van der Waals surface area contributed by atoms with Gasteiger partial charge in [0.2, 0.25) is 0 Å². The molecule has 4 nitrogen and oxygen atoms in total. The molecule has 7 heteroatoms. The fourth-order valence-corrected chi connectivity index (χ4v) is 3.90. The first kappa shape index (κ1) is 14.2. The molecule has 106 valence electrons. The number of ether oxygens (including phenoxy) is 1. The zero-order valence-corrected chi connectivity index (χ0v) is 13.0. The van der Waals surface area contributed by atoms with E-state index in [-0.39, 0.29) is 0 Å². The van der Waals surface area contributed by atoms with E-state index < -0.39 is 6.09 Å². The van der Waals surface area contributed by atoms with Gasteiger partial charge < -0.3 is 10.5 Å². The molecule has 3 aromatic rings. The lowest BCUT2D eigenvalue weighted by atomic mass is 10.3. The summed E-state index contributed by atoms with van der Waals surface area (Å²) < 4.78 is 6.70. The summed E-state index contributed by atoms with van der Waals surface area (Å²) in [5.74, 6) is 0.418. The summed E-state index contributed by atoms with van der Waals surface area (Å²) in [5.41, 5.74) is 5.85. The maximum Gasteiger partial charge on any atom is 0.409 e. The predicted molar refractivity (Wildman–Crippen MR) is 85.4 cm³/mol. The molecule has 1 heterocycles. The summed E-state index contributed by atoms with van der Waals surface area (Å²) in [4.78, 5) is 16.3. The first-order chi connectivity index (χ1) is 10.1. The lowest BCUT2D eigenvalue weighted by molar-refractivity contribution is 0.211. The molecule has 0 atom stereocenters. The van der Waals surface area contributed by atoms with Crippen molar-refractivity contribution in [2.45, 2.75) is 9.24 Å². The molecule has 0 spiro atoms. The maximum absolute atomic E-state index is 10.8. The second kappa shape index (κ2) is 5.93. The zero-order chi connectivity index (χ0) is 14.8. The van der Waals surface area contributed by atoms with Crippen LogP contribution >= 0.6 is 34.7 Å². The van der Waals surface area contributed by atoms with Crippen LogP contribution in [0.2, 0.25) is 5.02 Å². The molecule has 0 fully saturated rings. The first-order valence-corrected chi connectivity index (χ1v) is 7.92. The lowest BCUT2D eigenvalue weighted by Crippen LogP contribution is -2.16. The number of hydrogen-bond donors (Lipinski definition) is 1. The third kappa shape index (κ3) is 3.47. The number of nitrogens with two attached hydrogens (primary N) is 1. The monoisotopic (exact) mass is 336 g/mol. The molecule has 0 aliphatic rings. The number of fused-ring (bicyclic) bond motifs is 1. The highest BCUT2D eigenvalue weighted by molar-refractivity contribution is 8.01. The van der Waals surface area contributed by atoms with E-state index in [1.807, 2.05) is 24.3 Å². The van der Waals surface area contributed by atoms with Crippen LogP contribution in [-0.2, 0) is 0 Å². The molecule has 0 radical (unpaired) electrons. The number of nitrogens with zero attached hydrogens (tertiary/aromatic N) is 1. The number of aromatic nitrogens is 1. The Labute approximate surface area is 133 Å². The van der Waals surface area contributed by atoms with Gasteiger partial charge in [0.1, 0.15) is 5.75 Å². The summed E-state index contributed by atoms with van der Waals surface area (Å²) in [7, 11) is 0. The molecule has 0 bridgehead atoms. The third-order valence-corrected chi connectivity index (χ3v) is 4.92. The minimum absolute atomic E-state index is 0.418. The normalized spacial score (nSPS) is 10.7. The summed E-state index contributed by atoms with van der Waals surface area (Å²) in [6.45, 7) is 0. The smallest absolute Gasteiger partial charge is 0.409 e. The summed E-state index contributed by atoms with van der Waals surface area (Å²) in [5, 5.41) is 0.705. The minimum atomic E-state index is -0.824. The molecule has 3 rings (SSSR count). The molecule has 0 aliphatic heterocycles. The maximum atomic E-state index is 10.8. The van der Waals surface area contributed by atoms with Crippen LogP contribution in [0.3, 0.4) is 0 Å². The number of hydrogen-bond acceptors (Lipinski definition) is 5. The number of benzene rings is 2. The second-order valence-electron chi connectivity index (χ2n) is 4.09. The number of amides is 1. The van der Waals surface area contributed by atoms with Gasteiger partial charge in [-0.05, 0) is 36.4 Å². The van der Waals surface area contributed by atoms with Gasteiger partial charge in [-0.1, -0.05) is 23.4 Å². The predicted octanol–water partition coefficient (Wildman–Crippen LogP) is 4.56. The molecule has 1 aromatic heterocycles. The highest BCUT2D eigenvalue weighted by Gasteiger charge is 2.08. The van der Waals surface area contributed by atoms with Gasteiger partial charge in [-0.2, -0.15) is 0 Å². The Morgan fingerprint density at radius 2 is 2.00 bits per heavy atom. The largest absolute Gasteiger partial charge is 0.410 e. The molecular weight excluding hydrogens is 328 g/mol. The topological polar surface area (TPSA) is 65.2 Å². The fourth-order valence-electron chi connectivity index (χ4n) is 1.71. The summed E-state index contributed by atoms with van der Waals surface area (Å²) in [6.07, 6.45) is -0.824. The van der Waals surface area contributed by atoms with E-state index in [2.05, 4.69) is 4.98 Å². The highest BCUT2D eigenvalue weighted by Crippen LogP contribution is 2.35. The minimum Gasteiger partial charge on any atom is -0.410 e. The van der Waals surface area contributed by atoms with E-state index in [1.54, 1.807) is 30.0 Å². The number of carbonyl (C=O) groups is 1. The molecule has 2 N–H and O–H groups in total. The third-order valence-electron chi connectivity index (χ3n) is 2.58. The molecule has 1 amide bonds. The second-order valence-corrected chi connectivity index (χ2v) is 6.87. The number of halogens is 1. The van der Waals surface area contributed by atoms with Crippen molar-refractivity contribution in [2.24, 2.45) is 5.73 Å². The zero-order valence-electron chi connectivity index (χ0n) is 10.6. The van der Waals surface area contributed by atoms with E-state index in [1.165, 1.54) is 11.3 Å². The van der Waals surface area contributed by atoms with E-state index in [0.717, 1.165) is 19.5 Å². The van der Waals surface area contributed by atoms with Crippen LogP contribution < -0.4 is 10.5 Å². The summed E-state index contributed by atoms with van der Waals surface area (Å²) >= 11 is 8.95. The van der Waals surface area contributed by atoms with Crippen LogP contribution in [0.25, 0.3) is 10.2 Å². The van der Waals surface area contributed by atoms with E-state index in [4.69, 9.17) is 22.1 Å². The van der Waals surface area contributed by atoms with E-state index in [0.29, 0.717) is 10.8 Å². The number of rotatable bonds is 3. The number of carbonyl (C=O) groups excluding carboxylic acids is 1. The van der Waals surface area contributed by atoms with Crippen molar-refractivity contribution in [1.82, 2.24) is 4.98 Å². The van der Waals surface area contributed by atoms with Crippen molar-refractivity contribution < 1.29 is 9.53 Å². The average molecular weight is 337 g/mol. The van der Waals surface area contributed by atoms with Crippen molar-refractivity contribution in [3.8, 4) is 5.75 Å². The molecule has 0 saturated carbocycles. The average Bonchev–Trinajstić information content (AvgIpc) is 2.82. The van der Waals surface area contributed by atoms with Crippen LogP contribution in [0, 0.1) is 0 Å². The Morgan fingerprint density at radius 1 is 1.24 bits per heavy atom. The van der Waals surface area contributed by atoms with Crippen molar-refractivity contribution in [3.63, 3.8) is 0 Å². The highest BCUT2D eigenvalue weighted by atomic mass is 35.5. The van der Waals surface area contributed by atoms with Crippen molar-refractivity contribution in [2.75, 3.05) is 0 Å². The Kier molecular flexibility index (Phi) is 4.01. The molecular formula is C14H9ClN2O2S2. The van der Waals surface area contributed by atoms with Gasteiger partial charge in [0.25, 0.3) is 0 Å². The van der Waals surface area contributed by atoms with Gasteiger partial charge in [0.05, 0.1) is 10.2 Å². The Morgan fingerprint density at radius 3 is 2.71 bits per heavy atom. The van der Waals surface area contributed by atoms with Crippen molar-refractivity contribution in [3.05, 3.63) is 47.5 Å². The Bertz CT molecular complexity index is 802. The van der Waals surface area contributed by atoms with Gasteiger partial charge in [-0.15, -0.1) is 11.3 Å². The van der Waals surface area contributed by atoms with Crippen LogP contribution in [0.5, 0.6) is 5.75 Å². The molecule has 21 heavy (non-hydrogen) atoms. The molecule has 0 saturated heterocycles. The lowest BCUT2D eigenvalue weighted by Gasteiger charge is -1.98. The molecule has 0 aliphatic carbocycles. The van der Waals surface area contributed by atoms with E-state index >= 15 is 0 Å². The Balaban J connectivity index is 1.86. The number of primary amides is 1.